The molecule has 2 aromatic rings. The van der Waals surface area contributed by atoms with E-state index >= 15 is 0 Å². The molecule has 2 heterocycles. The number of anilines is 1. The van der Waals surface area contributed by atoms with Crippen LogP contribution in [0.25, 0.3) is 11.3 Å². The molecule has 0 saturated heterocycles. The van der Waals surface area contributed by atoms with Crippen LogP contribution >= 0.6 is 11.8 Å². The number of benzene rings is 1. The number of rotatable bonds is 4. The average Bonchev–Trinajstić information content (AvgIpc) is 2.99. The van der Waals surface area contributed by atoms with Gasteiger partial charge in [0.1, 0.15) is 0 Å². The van der Waals surface area contributed by atoms with Crippen LogP contribution in [0.4, 0.5) is 5.69 Å². The van der Waals surface area contributed by atoms with E-state index in [0.29, 0.717) is 12.3 Å². The number of hydrogen-bond donors (Lipinski definition) is 1. The highest BCUT2D eigenvalue weighted by Gasteiger charge is 2.15. The van der Waals surface area contributed by atoms with Crippen molar-refractivity contribution in [3.63, 3.8) is 0 Å². The van der Waals surface area contributed by atoms with Crippen molar-refractivity contribution in [3.05, 3.63) is 30.5 Å². The van der Waals surface area contributed by atoms with Crippen molar-refractivity contribution >= 4 is 23.4 Å². The van der Waals surface area contributed by atoms with Crippen molar-refractivity contribution in [2.45, 2.75) is 32.0 Å². The molecule has 1 aliphatic rings. The highest BCUT2D eigenvalue weighted by molar-refractivity contribution is 7.99. The van der Waals surface area contributed by atoms with E-state index in [4.69, 9.17) is 0 Å². The van der Waals surface area contributed by atoms with Crippen LogP contribution in [-0.4, -0.2) is 21.2 Å². The van der Waals surface area contributed by atoms with E-state index < -0.39 is 0 Å². The fourth-order valence-corrected chi connectivity index (χ4v) is 3.30. The monoisotopic (exact) mass is 301 g/mol. The van der Waals surface area contributed by atoms with E-state index in [1.54, 1.807) is 11.8 Å². The number of fused-ring (bicyclic) bond motifs is 1. The normalized spacial score (nSPS) is 13.5. The molecule has 1 aromatic heterocycles. The molecule has 0 aliphatic carbocycles. The molecule has 0 spiro atoms. The van der Waals surface area contributed by atoms with Crippen molar-refractivity contribution in [2.75, 3.05) is 11.1 Å². The predicted molar refractivity (Wildman–Crippen MR) is 86.5 cm³/mol. The first-order valence-corrected chi connectivity index (χ1v) is 8.20. The second kappa shape index (κ2) is 5.93. The summed E-state index contributed by atoms with van der Waals surface area (Å²) in [7, 11) is 0. The zero-order chi connectivity index (χ0) is 14.8. The molecule has 0 unspecified atom stereocenters. The number of thioether (sulfide) groups is 1. The second-order valence-electron chi connectivity index (χ2n) is 5.67. The standard InChI is InChI=1S/C16H19N3OS/c1-11(2)9-15(20)17-13-5-3-12(4-6-13)14-10-19-7-8-21-16(19)18-14/h3-6,10-11H,7-9H2,1-2H3,(H,17,20). The second-order valence-corrected chi connectivity index (χ2v) is 6.74. The van der Waals surface area contributed by atoms with E-state index in [-0.39, 0.29) is 5.91 Å². The number of hydrogen-bond acceptors (Lipinski definition) is 3. The number of nitrogens with zero attached hydrogens (tertiary/aromatic N) is 2. The van der Waals surface area contributed by atoms with Crippen LogP contribution in [0, 0.1) is 5.92 Å². The summed E-state index contributed by atoms with van der Waals surface area (Å²) in [5.74, 6) is 1.55. The summed E-state index contributed by atoms with van der Waals surface area (Å²) in [6, 6.07) is 7.89. The quantitative estimate of drug-likeness (QED) is 0.938. The number of nitrogens with one attached hydrogen (secondary N) is 1. The molecule has 1 N–H and O–H groups in total. The summed E-state index contributed by atoms with van der Waals surface area (Å²) < 4.78 is 2.19. The average molecular weight is 301 g/mol. The summed E-state index contributed by atoms with van der Waals surface area (Å²) >= 11 is 1.80. The number of imidazole rings is 1. The van der Waals surface area contributed by atoms with Crippen LogP contribution in [-0.2, 0) is 11.3 Å². The van der Waals surface area contributed by atoms with Gasteiger partial charge in [0.15, 0.2) is 5.16 Å². The van der Waals surface area contributed by atoms with Crippen molar-refractivity contribution in [1.29, 1.82) is 0 Å². The van der Waals surface area contributed by atoms with Crippen LogP contribution in [0.3, 0.4) is 0 Å². The van der Waals surface area contributed by atoms with Crippen molar-refractivity contribution in [3.8, 4) is 11.3 Å². The Morgan fingerprint density at radius 3 is 2.81 bits per heavy atom. The molecule has 1 aromatic carbocycles. The molecule has 0 fully saturated rings. The SMILES string of the molecule is CC(C)CC(=O)Nc1ccc(-c2cn3c(n2)SCC3)cc1. The number of amides is 1. The van der Waals surface area contributed by atoms with E-state index in [2.05, 4.69) is 21.1 Å². The highest BCUT2D eigenvalue weighted by atomic mass is 32.2. The molecular formula is C16H19N3OS. The van der Waals surface area contributed by atoms with Crippen molar-refractivity contribution < 1.29 is 4.79 Å². The number of carbonyl (C=O) groups excluding carboxylic acids is 1. The number of aromatic nitrogens is 2. The van der Waals surface area contributed by atoms with Gasteiger partial charge in [-0.15, -0.1) is 0 Å². The van der Waals surface area contributed by atoms with Crippen LogP contribution in [0.1, 0.15) is 20.3 Å². The van der Waals surface area contributed by atoms with Crippen molar-refractivity contribution in [2.24, 2.45) is 5.92 Å². The number of aryl methyl sites for hydroxylation is 1. The van der Waals surface area contributed by atoms with Gasteiger partial charge >= 0.3 is 0 Å². The van der Waals surface area contributed by atoms with E-state index in [9.17, 15) is 4.79 Å². The van der Waals surface area contributed by atoms with Gasteiger partial charge in [-0.05, 0) is 18.1 Å². The molecule has 0 bridgehead atoms. The van der Waals surface area contributed by atoms with E-state index in [0.717, 1.165) is 34.4 Å². The van der Waals surface area contributed by atoms with Crippen LogP contribution in [0.5, 0.6) is 0 Å². The molecule has 0 saturated carbocycles. The maximum atomic E-state index is 11.7. The van der Waals surface area contributed by atoms with Gasteiger partial charge in [0.05, 0.1) is 5.69 Å². The van der Waals surface area contributed by atoms with Crippen molar-refractivity contribution in [1.82, 2.24) is 9.55 Å². The topological polar surface area (TPSA) is 46.9 Å². The molecule has 0 radical (unpaired) electrons. The largest absolute Gasteiger partial charge is 0.326 e. The Labute approximate surface area is 129 Å². The highest BCUT2D eigenvalue weighted by Crippen LogP contribution is 2.29. The summed E-state index contributed by atoms with van der Waals surface area (Å²) in [5.41, 5.74) is 2.92. The Kier molecular flexibility index (Phi) is 4.01. The van der Waals surface area contributed by atoms with Gasteiger partial charge in [0.25, 0.3) is 0 Å². The first-order valence-electron chi connectivity index (χ1n) is 7.22. The molecule has 21 heavy (non-hydrogen) atoms. The summed E-state index contributed by atoms with van der Waals surface area (Å²) in [6.07, 6.45) is 2.65. The summed E-state index contributed by atoms with van der Waals surface area (Å²) in [5, 5.41) is 4.02. The Morgan fingerprint density at radius 1 is 1.38 bits per heavy atom. The molecular weight excluding hydrogens is 282 g/mol. The van der Waals surface area contributed by atoms with Gasteiger partial charge in [0.2, 0.25) is 5.91 Å². The molecule has 0 atom stereocenters. The summed E-state index contributed by atoms with van der Waals surface area (Å²) in [6.45, 7) is 5.12. The third-order valence-corrected chi connectivity index (χ3v) is 4.33. The van der Waals surface area contributed by atoms with Gasteiger partial charge in [-0.2, -0.15) is 0 Å². The minimum Gasteiger partial charge on any atom is -0.326 e. The molecule has 110 valence electrons. The molecule has 1 aliphatic heterocycles. The first-order chi connectivity index (χ1) is 10.1. The fraction of sp³-hybridized carbons (Fsp3) is 0.375. The molecule has 3 rings (SSSR count). The lowest BCUT2D eigenvalue weighted by Crippen LogP contribution is -2.13. The smallest absolute Gasteiger partial charge is 0.224 e. The predicted octanol–water partition coefficient (Wildman–Crippen LogP) is 3.64. The first kappa shape index (κ1) is 14.2. The molecule has 1 amide bonds. The third-order valence-electron chi connectivity index (χ3n) is 3.36. The maximum Gasteiger partial charge on any atom is 0.224 e. The van der Waals surface area contributed by atoms with E-state index in [1.165, 1.54) is 0 Å². The Morgan fingerprint density at radius 2 is 2.14 bits per heavy atom. The lowest BCUT2D eigenvalue weighted by Gasteiger charge is -2.07. The number of carbonyl (C=O) groups is 1. The summed E-state index contributed by atoms with van der Waals surface area (Å²) in [4.78, 5) is 16.4. The minimum absolute atomic E-state index is 0.0649. The van der Waals surface area contributed by atoms with Gasteiger partial charge in [0, 0.05) is 36.2 Å². The Hall–Kier alpha value is -1.75. The maximum absolute atomic E-state index is 11.7. The molecule has 4 nitrogen and oxygen atoms in total. The Bertz CT molecular complexity index is 625. The lowest BCUT2D eigenvalue weighted by atomic mass is 10.1. The van der Waals surface area contributed by atoms with E-state index in [1.807, 2.05) is 38.1 Å². The zero-order valence-corrected chi connectivity index (χ0v) is 13.1. The zero-order valence-electron chi connectivity index (χ0n) is 12.3. The molecule has 5 heteroatoms. The van der Waals surface area contributed by atoms with Gasteiger partial charge < -0.3 is 9.88 Å². The van der Waals surface area contributed by atoms with Crippen LogP contribution < -0.4 is 5.32 Å². The minimum atomic E-state index is 0.0649. The van der Waals surface area contributed by atoms with Crippen LogP contribution in [0.2, 0.25) is 0 Å². The lowest BCUT2D eigenvalue weighted by molar-refractivity contribution is -0.116. The van der Waals surface area contributed by atoms with Gasteiger partial charge in [-0.25, -0.2) is 4.98 Å². The third kappa shape index (κ3) is 3.29. The fourth-order valence-electron chi connectivity index (χ4n) is 2.36. The Balaban J connectivity index is 1.70. The van der Waals surface area contributed by atoms with Crippen LogP contribution in [0.15, 0.2) is 35.6 Å². The van der Waals surface area contributed by atoms with Gasteiger partial charge in [-0.3, -0.25) is 4.79 Å². The van der Waals surface area contributed by atoms with Gasteiger partial charge in [-0.1, -0.05) is 37.7 Å².